The van der Waals surface area contributed by atoms with Crippen LogP contribution in [0.2, 0.25) is 0 Å². The van der Waals surface area contributed by atoms with Crippen molar-refractivity contribution >= 4 is 5.97 Å². The van der Waals surface area contributed by atoms with Crippen molar-refractivity contribution in [3.05, 3.63) is 22.8 Å². The summed E-state index contributed by atoms with van der Waals surface area (Å²) in [7, 11) is 0. The molecular weight excluding hydrogens is 244 g/mol. The molecule has 102 valence electrons. The quantitative estimate of drug-likeness (QED) is 0.890. The van der Waals surface area contributed by atoms with Gasteiger partial charge in [-0.3, -0.25) is 4.79 Å². The Hall–Kier alpha value is -1.71. The van der Waals surface area contributed by atoms with Gasteiger partial charge in [0.1, 0.15) is 0 Å². The highest BCUT2D eigenvalue weighted by Gasteiger charge is 2.46. The molecule has 0 spiro atoms. The van der Waals surface area contributed by atoms with Crippen LogP contribution in [0.5, 0.6) is 11.5 Å². The first-order valence-electron chi connectivity index (χ1n) is 6.70. The Morgan fingerprint density at radius 1 is 1.21 bits per heavy atom. The van der Waals surface area contributed by atoms with Crippen LogP contribution in [0.4, 0.5) is 0 Å². The Morgan fingerprint density at radius 3 is 2.47 bits per heavy atom. The number of aliphatic carboxylic acids is 1. The number of hydrogen-bond donors (Lipinski definition) is 1. The normalized spacial score (nSPS) is 19.7. The lowest BCUT2D eigenvalue weighted by Gasteiger charge is -2.26. The van der Waals surface area contributed by atoms with E-state index in [2.05, 4.69) is 0 Å². The lowest BCUT2D eigenvalue weighted by Crippen LogP contribution is -2.33. The molecule has 0 saturated heterocycles. The number of rotatable bonds is 2. The number of carbonyl (C=O) groups is 1. The Balaban J connectivity index is 2.23. The van der Waals surface area contributed by atoms with Crippen LogP contribution in [0.3, 0.4) is 0 Å². The molecule has 0 amide bonds. The molecule has 0 atom stereocenters. The van der Waals surface area contributed by atoms with E-state index in [-0.39, 0.29) is 6.79 Å². The minimum absolute atomic E-state index is 0.183. The van der Waals surface area contributed by atoms with Crippen LogP contribution < -0.4 is 9.47 Å². The van der Waals surface area contributed by atoms with E-state index >= 15 is 0 Å². The summed E-state index contributed by atoms with van der Waals surface area (Å²) >= 11 is 0. The van der Waals surface area contributed by atoms with Gasteiger partial charge in [-0.15, -0.1) is 0 Å². The average Bonchev–Trinajstić information content (AvgIpc) is 3.02. The third-order valence-corrected chi connectivity index (χ3v) is 4.53. The fourth-order valence-electron chi connectivity index (χ4n) is 3.26. The molecule has 0 radical (unpaired) electrons. The molecule has 1 heterocycles. The number of fused-ring (bicyclic) bond motifs is 1. The van der Waals surface area contributed by atoms with Crippen LogP contribution in [0.15, 0.2) is 6.07 Å². The van der Waals surface area contributed by atoms with Gasteiger partial charge in [0.2, 0.25) is 6.79 Å². The fourth-order valence-corrected chi connectivity index (χ4v) is 3.26. The van der Waals surface area contributed by atoms with Crippen molar-refractivity contribution < 1.29 is 19.4 Å². The molecule has 4 nitrogen and oxygen atoms in total. The number of benzene rings is 1. The van der Waals surface area contributed by atoms with Gasteiger partial charge < -0.3 is 14.6 Å². The largest absolute Gasteiger partial charge is 0.481 e. The van der Waals surface area contributed by atoms with Gasteiger partial charge in [-0.05, 0) is 37.8 Å². The Kier molecular flexibility index (Phi) is 2.69. The predicted octanol–water partition coefficient (Wildman–Crippen LogP) is 2.93. The zero-order valence-electron chi connectivity index (χ0n) is 11.3. The van der Waals surface area contributed by atoms with Crippen molar-refractivity contribution in [1.82, 2.24) is 0 Å². The maximum Gasteiger partial charge on any atom is 0.314 e. The zero-order chi connectivity index (χ0) is 13.6. The summed E-state index contributed by atoms with van der Waals surface area (Å²) in [5.74, 6) is 0.626. The van der Waals surface area contributed by atoms with E-state index in [1.165, 1.54) is 0 Å². The van der Waals surface area contributed by atoms with Gasteiger partial charge in [0.15, 0.2) is 11.5 Å². The average molecular weight is 262 g/mol. The van der Waals surface area contributed by atoms with E-state index in [1.807, 2.05) is 19.9 Å². The first-order chi connectivity index (χ1) is 9.06. The van der Waals surface area contributed by atoms with Crippen molar-refractivity contribution in [3.8, 4) is 11.5 Å². The van der Waals surface area contributed by atoms with Crippen molar-refractivity contribution in [2.75, 3.05) is 6.79 Å². The SMILES string of the molecule is Cc1cc(C2(C(=O)O)CCCC2)c2c(c1C)OCO2. The second kappa shape index (κ2) is 4.15. The smallest absolute Gasteiger partial charge is 0.314 e. The lowest BCUT2D eigenvalue weighted by atomic mass is 9.77. The molecule has 2 aliphatic rings. The molecule has 1 aliphatic carbocycles. The van der Waals surface area contributed by atoms with Gasteiger partial charge in [-0.2, -0.15) is 0 Å². The second-order valence-electron chi connectivity index (χ2n) is 5.53. The monoisotopic (exact) mass is 262 g/mol. The molecular formula is C15H18O4. The van der Waals surface area contributed by atoms with Crippen molar-refractivity contribution in [2.45, 2.75) is 44.9 Å². The van der Waals surface area contributed by atoms with E-state index in [4.69, 9.17) is 9.47 Å². The van der Waals surface area contributed by atoms with Crippen molar-refractivity contribution in [3.63, 3.8) is 0 Å². The molecule has 19 heavy (non-hydrogen) atoms. The number of hydrogen-bond acceptors (Lipinski definition) is 3. The molecule has 1 aromatic rings. The molecule has 0 aromatic heterocycles. The molecule has 1 aromatic carbocycles. The maximum absolute atomic E-state index is 11.8. The molecule has 0 bridgehead atoms. The van der Waals surface area contributed by atoms with Gasteiger partial charge in [0.25, 0.3) is 0 Å². The van der Waals surface area contributed by atoms with Crippen molar-refractivity contribution in [1.29, 1.82) is 0 Å². The highest BCUT2D eigenvalue weighted by atomic mass is 16.7. The number of ether oxygens (including phenoxy) is 2. The summed E-state index contributed by atoms with van der Waals surface area (Å²) in [5.41, 5.74) is 2.10. The van der Waals surface area contributed by atoms with Gasteiger partial charge in [-0.25, -0.2) is 0 Å². The number of carboxylic acid groups (broad SMARTS) is 1. The van der Waals surface area contributed by atoms with Gasteiger partial charge >= 0.3 is 5.97 Å². The summed E-state index contributed by atoms with van der Waals surface area (Å²) in [6.07, 6.45) is 3.27. The minimum Gasteiger partial charge on any atom is -0.481 e. The Labute approximate surface area is 112 Å². The van der Waals surface area contributed by atoms with Crippen LogP contribution in [0.1, 0.15) is 42.4 Å². The summed E-state index contributed by atoms with van der Waals surface area (Å²) in [6, 6.07) is 1.97. The van der Waals surface area contributed by atoms with E-state index in [9.17, 15) is 9.90 Å². The van der Waals surface area contributed by atoms with Gasteiger partial charge in [0.05, 0.1) is 5.41 Å². The third kappa shape index (κ3) is 1.62. The van der Waals surface area contributed by atoms with Gasteiger partial charge in [0, 0.05) is 5.56 Å². The molecule has 3 rings (SSSR count). The number of aryl methyl sites for hydroxylation is 1. The minimum atomic E-state index is -0.795. The topological polar surface area (TPSA) is 55.8 Å². The molecule has 1 N–H and O–H groups in total. The van der Waals surface area contributed by atoms with Crippen LogP contribution in [-0.2, 0) is 10.2 Å². The van der Waals surface area contributed by atoms with E-state index < -0.39 is 11.4 Å². The highest BCUT2D eigenvalue weighted by Crippen LogP contribution is 2.50. The standard InChI is InChI=1S/C15H18O4/c1-9-7-11(13-12(10(9)2)18-8-19-13)15(14(16)17)5-3-4-6-15/h7H,3-6,8H2,1-2H3,(H,16,17). The lowest BCUT2D eigenvalue weighted by molar-refractivity contribution is -0.143. The zero-order valence-corrected chi connectivity index (χ0v) is 11.3. The number of carboxylic acids is 1. The first kappa shape index (κ1) is 12.3. The van der Waals surface area contributed by atoms with Crippen LogP contribution >= 0.6 is 0 Å². The summed E-state index contributed by atoms with van der Waals surface area (Å²) in [4.78, 5) is 11.8. The summed E-state index contributed by atoms with van der Waals surface area (Å²) in [5, 5.41) is 9.71. The molecule has 1 fully saturated rings. The molecule has 0 unspecified atom stereocenters. The van der Waals surface area contributed by atoms with E-state index in [1.54, 1.807) is 0 Å². The highest BCUT2D eigenvalue weighted by molar-refractivity contribution is 5.84. The van der Waals surface area contributed by atoms with Crippen molar-refractivity contribution in [2.24, 2.45) is 0 Å². The van der Waals surface area contributed by atoms with E-state index in [0.717, 1.165) is 35.3 Å². The van der Waals surface area contributed by atoms with Crippen LogP contribution in [0.25, 0.3) is 0 Å². The summed E-state index contributed by atoms with van der Waals surface area (Å²) < 4.78 is 11.1. The van der Waals surface area contributed by atoms with E-state index in [0.29, 0.717) is 18.6 Å². The summed E-state index contributed by atoms with van der Waals surface area (Å²) in [6.45, 7) is 4.16. The Bertz CT molecular complexity index is 542. The molecule has 1 aliphatic heterocycles. The third-order valence-electron chi connectivity index (χ3n) is 4.53. The second-order valence-corrected chi connectivity index (χ2v) is 5.53. The fraction of sp³-hybridized carbons (Fsp3) is 0.533. The molecule has 4 heteroatoms. The van der Waals surface area contributed by atoms with Crippen LogP contribution in [0, 0.1) is 13.8 Å². The first-order valence-corrected chi connectivity index (χ1v) is 6.70. The van der Waals surface area contributed by atoms with Gasteiger partial charge in [-0.1, -0.05) is 18.9 Å². The Morgan fingerprint density at radius 2 is 1.84 bits per heavy atom. The van der Waals surface area contributed by atoms with Crippen LogP contribution in [-0.4, -0.2) is 17.9 Å². The predicted molar refractivity (Wildman–Crippen MR) is 69.8 cm³/mol. The molecule has 1 saturated carbocycles. The maximum atomic E-state index is 11.8.